The molecule has 1 amide bonds. The van der Waals surface area contributed by atoms with Gasteiger partial charge in [0.2, 0.25) is 5.91 Å². The minimum Gasteiger partial charge on any atom is -0.461 e. The van der Waals surface area contributed by atoms with Crippen LogP contribution in [0.25, 0.3) is 0 Å². The summed E-state index contributed by atoms with van der Waals surface area (Å²) in [6.45, 7) is 4.38. The first kappa shape index (κ1) is 15.9. The number of hydrogen-bond donors (Lipinski definition) is 0. The van der Waals surface area contributed by atoms with E-state index in [2.05, 4.69) is 4.90 Å². The van der Waals surface area contributed by atoms with Crippen molar-refractivity contribution in [3.8, 4) is 0 Å². The van der Waals surface area contributed by atoms with Gasteiger partial charge in [0.05, 0.1) is 6.54 Å². The fourth-order valence-corrected chi connectivity index (χ4v) is 1.92. The summed E-state index contributed by atoms with van der Waals surface area (Å²) in [4.78, 5) is 26.7. The predicted octanol–water partition coefficient (Wildman–Crippen LogP) is 0.119. The molecule has 6 nitrogen and oxygen atoms in total. The van der Waals surface area contributed by atoms with E-state index in [4.69, 9.17) is 9.47 Å². The molecular weight excluding hydrogens is 248 g/mol. The van der Waals surface area contributed by atoms with Crippen LogP contribution in [-0.2, 0) is 19.1 Å². The Hall–Kier alpha value is -1.14. The van der Waals surface area contributed by atoms with E-state index >= 15 is 0 Å². The summed E-state index contributed by atoms with van der Waals surface area (Å²) in [5.41, 5.74) is 0. The van der Waals surface area contributed by atoms with Gasteiger partial charge in [-0.15, -0.1) is 0 Å². The van der Waals surface area contributed by atoms with Gasteiger partial charge in [0, 0.05) is 33.8 Å². The lowest BCUT2D eigenvalue weighted by Gasteiger charge is -2.31. The molecule has 0 aromatic carbocycles. The van der Waals surface area contributed by atoms with Crippen molar-refractivity contribution < 1.29 is 19.1 Å². The zero-order valence-electron chi connectivity index (χ0n) is 12.1. The molecule has 0 aromatic heterocycles. The first-order valence-corrected chi connectivity index (χ1v) is 6.72. The second kappa shape index (κ2) is 8.12. The van der Waals surface area contributed by atoms with Crippen LogP contribution in [0.3, 0.4) is 0 Å². The number of carbonyl (C=O) groups excluding carboxylic acids is 2. The molecular formula is C13H24N2O4. The van der Waals surface area contributed by atoms with Crippen molar-refractivity contribution in [3.63, 3.8) is 0 Å². The molecule has 1 heterocycles. The molecule has 0 saturated carbocycles. The summed E-state index contributed by atoms with van der Waals surface area (Å²) >= 11 is 0. The van der Waals surface area contributed by atoms with Gasteiger partial charge in [-0.05, 0) is 19.8 Å². The number of hydrogen-bond acceptors (Lipinski definition) is 5. The molecule has 0 N–H and O–H groups in total. The third-order valence-corrected chi connectivity index (χ3v) is 3.11. The highest BCUT2D eigenvalue weighted by molar-refractivity contribution is 5.77. The van der Waals surface area contributed by atoms with E-state index in [0.717, 1.165) is 25.9 Å². The zero-order valence-corrected chi connectivity index (χ0v) is 12.1. The van der Waals surface area contributed by atoms with Crippen LogP contribution in [-0.4, -0.2) is 74.7 Å². The molecule has 0 unspecified atom stereocenters. The highest BCUT2D eigenvalue weighted by Gasteiger charge is 2.23. The van der Waals surface area contributed by atoms with E-state index in [1.807, 2.05) is 6.92 Å². The Labute approximate surface area is 114 Å². The van der Waals surface area contributed by atoms with Gasteiger partial charge < -0.3 is 14.4 Å². The SMILES string of the molecule is CCOCC(=O)OC1CCN(CC(=O)N(C)C)CC1. The highest BCUT2D eigenvalue weighted by atomic mass is 16.6. The van der Waals surface area contributed by atoms with Crippen LogP contribution < -0.4 is 0 Å². The van der Waals surface area contributed by atoms with Crippen LogP contribution in [0, 0.1) is 0 Å². The fraction of sp³-hybridized carbons (Fsp3) is 0.846. The van der Waals surface area contributed by atoms with Crippen molar-refractivity contribution >= 4 is 11.9 Å². The Kier molecular flexibility index (Phi) is 6.80. The zero-order chi connectivity index (χ0) is 14.3. The summed E-state index contributed by atoms with van der Waals surface area (Å²) < 4.78 is 10.3. The number of nitrogens with zero attached hydrogens (tertiary/aromatic N) is 2. The lowest BCUT2D eigenvalue weighted by molar-refractivity contribution is -0.156. The topological polar surface area (TPSA) is 59.1 Å². The van der Waals surface area contributed by atoms with Gasteiger partial charge in [0.25, 0.3) is 0 Å². The number of piperidine rings is 1. The van der Waals surface area contributed by atoms with Crippen LogP contribution in [0.4, 0.5) is 0 Å². The van der Waals surface area contributed by atoms with Gasteiger partial charge in [0.1, 0.15) is 12.7 Å². The second-order valence-electron chi connectivity index (χ2n) is 4.89. The number of esters is 1. The highest BCUT2D eigenvalue weighted by Crippen LogP contribution is 2.13. The Morgan fingerprint density at radius 2 is 1.89 bits per heavy atom. The van der Waals surface area contributed by atoms with Crippen molar-refractivity contribution in [1.82, 2.24) is 9.80 Å². The van der Waals surface area contributed by atoms with Gasteiger partial charge >= 0.3 is 5.97 Å². The average molecular weight is 272 g/mol. The molecule has 0 bridgehead atoms. The maximum atomic E-state index is 11.6. The molecule has 1 aliphatic heterocycles. The van der Waals surface area contributed by atoms with Crippen LogP contribution in [0.15, 0.2) is 0 Å². The molecule has 0 atom stereocenters. The van der Waals surface area contributed by atoms with Gasteiger partial charge in [0.15, 0.2) is 0 Å². The summed E-state index contributed by atoms with van der Waals surface area (Å²) in [6, 6.07) is 0. The molecule has 0 spiro atoms. The van der Waals surface area contributed by atoms with Crippen molar-refractivity contribution in [2.45, 2.75) is 25.9 Å². The number of ether oxygens (including phenoxy) is 2. The number of amides is 1. The monoisotopic (exact) mass is 272 g/mol. The van der Waals surface area contributed by atoms with Gasteiger partial charge in [-0.1, -0.05) is 0 Å². The summed E-state index contributed by atoms with van der Waals surface area (Å²) in [5.74, 6) is -0.198. The maximum Gasteiger partial charge on any atom is 0.332 e. The smallest absolute Gasteiger partial charge is 0.332 e. The Balaban J connectivity index is 2.21. The summed E-state index contributed by atoms with van der Waals surface area (Å²) in [5, 5.41) is 0. The van der Waals surface area contributed by atoms with E-state index in [-0.39, 0.29) is 24.6 Å². The number of rotatable bonds is 6. The van der Waals surface area contributed by atoms with Crippen LogP contribution >= 0.6 is 0 Å². The van der Waals surface area contributed by atoms with Crippen molar-refractivity contribution in [3.05, 3.63) is 0 Å². The van der Waals surface area contributed by atoms with Crippen molar-refractivity contribution in [2.24, 2.45) is 0 Å². The molecule has 19 heavy (non-hydrogen) atoms. The quantitative estimate of drug-likeness (QED) is 0.643. The molecule has 110 valence electrons. The lowest BCUT2D eigenvalue weighted by atomic mass is 10.1. The largest absolute Gasteiger partial charge is 0.461 e. The molecule has 0 aromatic rings. The van der Waals surface area contributed by atoms with E-state index in [0.29, 0.717) is 13.2 Å². The molecule has 1 aliphatic rings. The van der Waals surface area contributed by atoms with Crippen molar-refractivity contribution in [2.75, 3.05) is 46.9 Å². The summed E-state index contributed by atoms with van der Waals surface area (Å²) in [6.07, 6.45) is 1.51. The first-order chi connectivity index (χ1) is 9.02. The van der Waals surface area contributed by atoms with E-state index < -0.39 is 0 Å². The van der Waals surface area contributed by atoms with E-state index in [1.165, 1.54) is 0 Å². The molecule has 1 fully saturated rings. The fourth-order valence-electron chi connectivity index (χ4n) is 1.92. The number of likely N-dealkylation sites (tertiary alicyclic amines) is 1. The van der Waals surface area contributed by atoms with Gasteiger partial charge in [-0.3, -0.25) is 9.69 Å². The van der Waals surface area contributed by atoms with Gasteiger partial charge in [-0.2, -0.15) is 0 Å². The van der Waals surface area contributed by atoms with Crippen LogP contribution in [0.1, 0.15) is 19.8 Å². The molecule has 6 heteroatoms. The van der Waals surface area contributed by atoms with Crippen LogP contribution in [0.5, 0.6) is 0 Å². The molecule has 0 radical (unpaired) electrons. The normalized spacial score (nSPS) is 17.2. The number of likely N-dealkylation sites (N-methyl/N-ethyl adjacent to an activating group) is 1. The third kappa shape index (κ3) is 6.02. The second-order valence-corrected chi connectivity index (χ2v) is 4.89. The lowest BCUT2D eigenvalue weighted by Crippen LogP contribution is -2.43. The minimum atomic E-state index is -0.301. The van der Waals surface area contributed by atoms with E-state index in [1.54, 1.807) is 19.0 Å². The summed E-state index contributed by atoms with van der Waals surface area (Å²) in [7, 11) is 3.51. The molecule has 1 saturated heterocycles. The predicted molar refractivity (Wildman–Crippen MR) is 70.7 cm³/mol. The molecule has 1 rings (SSSR count). The van der Waals surface area contributed by atoms with Crippen molar-refractivity contribution in [1.29, 1.82) is 0 Å². The third-order valence-electron chi connectivity index (χ3n) is 3.11. The van der Waals surface area contributed by atoms with Gasteiger partial charge in [-0.25, -0.2) is 4.79 Å². The maximum absolute atomic E-state index is 11.6. The minimum absolute atomic E-state index is 0.0236. The molecule has 0 aliphatic carbocycles. The Bertz CT molecular complexity index is 299. The number of carbonyl (C=O) groups is 2. The average Bonchev–Trinajstić information content (AvgIpc) is 2.38. The van der Waals surface area contributed by atoms with E-state index in [9.17, 15) is 9.59 Å². The first-order valence-electron chi connectivity index (χ1n) is 6.72. The van der Waals surface area contributed by atoms with Crippen LogP contribution in [0.2, 0.25) is 0 Å². The Morgan fingerprint density at radius 1 is 1.26 bits per heavy atom. The Morgan fingerprint density at radius 3 is 2.42 bits per heavy atom. The standard InChI is InChI=1S/C13H24N2O4/c1-4-18-10-13(17)19-11-5-7-15(8-6-11)9-12(16)14(2)3/h11H,4-10H2,1-3H3.